The van der Waals surface area contributed by atoms with Crippen molar-refractivity contribution in [2.75, 3.05) is 23.8 Å². The fourth-order valence-electron chi connectivity index (χ4n) is 4.76. The number of nitrogens with one attached hydrogen (secondary N) is 2. The second kappa shape index (κ2) is 9.49. The number of anilines is 3. The number of carbonyl (C=O) groups is 1. The van der Waals surface area contributed by atoms with Gasteiger partial charge < -0.3 is 21.1 Å². The van der Waals surface area contributed by atoms with E-state index in [2.05, 4.69) is 20.6 Å². The van der Waals surface area contributed by atoms with E-state index in [1.807, 2.05) is 4.57 Å². The Morgan fingerprint density at radius 3 is 2.59 bits per heavy atom. The van der Waals surface area contributed by atoms with Crippen LogP contribution in [-0.4, -0.2) is 44.7 Å². The molecule has 0 atom stereocenters. The number of nitrogens with two attached hydrogens (primary N) is 1. The van der Waals surface area contributed by atoms with Crippen LogP contribution in [0.5, 0.6) is 0 Å². The van der Waals surface area contributed by atoms with Gasteiger partial charge in [0.1, 0.15) is 5.52 Å². The monoisotopic (exact) mass is 471 g/mol. The normalized spacial score (nSPS) is 21.5. The topological polar surface area (TPSA) is 120 Å². The van der Waals surface area contributed by atoms with Gasteiger partial charge in [0.05, 0.1) is 11.9 Å². The number of benzene rings is 1. The number of fused-ring (bicyclic) bond motifs is 1. The van der Waals surface area contributed by atoms with E-state index in [0.717, 1.165) is 18.9 Å². The molecule has 0 bridgehead atoms. The molecular formula is C23H27F2N7O2. The van der Waals surface area contributed by atoms with Crippen molar-refractivity contribution in [1.29, 1.82) is 0 Å². The molecule has 0 radical (unpaired) electrons. The number of nitrogens with zero attached hydrogens (tertiary/aromatic N) is 4. The van der Waals surface area contributed by atoms with E-state index in [0.29, 0.717) is 62.0 Å². The van der Waals surface area contributed by atoms with Gasteiger partial charge in [-0.2, -0.15) is 4.98 Å². The lowest BCUT2D eigenvalue weighted by atomic mass is 9.85. The van der Waals surface area contributed by atoms with Crippen molar-refractivity contribution in [3.63, 3.8) is 0 Å². The molecule has 5 rings (SSSR count). The number of ether oxygens (including phenoxy) is 1. The minimum atomic E-state index is -0.980. The lowest BCUT2D eigenvalue weighted by Gasteiger charge is -2.29. The van der Waals surface area contributed by atoms with Crippen molar-refractivity contribution in [2.45, 2.75) is 50.6 Å². The Labute approximate surface area is 195 Å². The van der Waals surface area contributed by atoms with Gasteiger partial charge in [0.15, 0.2) is 17.3 Å². The molecule has 1 aliphatic carbocycles. The molecule has 1 aromatic carbocycles. The number of halogens is 2. The number of primary amides is 1. The van der Waals surface area contributed by atoms with Crippen LogP contribution in [0.3, 0.4) is 0 Å². The van der Waals surface area contributed by atoms with Crippen LogP contribution in [0.4, 0.5) is 26.4 Å². The third-order valence-electron chi connectivity index (χ3n) is 6.65. The molecule has 1 amide bonds. The molecule has 0 unspecified atom stereocenters. The summed E-state index contributed by atoms with van der Waals surface area (Å²) in [5.74, 6) is -1.55. The third kappa shape index (κ3) is 4.52. The summed E-state index contributed by atoms with van der Waals surface area (Å²) in [4.78, 5) is 25.4. The number of aromatic nitrogens is 4. The van der Waals surface area contributed by atoms with Gasteiger partial charge in [0.2, 0.25) is 17.8 Å². The average Bonchev–Trinajstić information content (AvgIpc) is 3.20. The van der Waals surface area contributed by atoms with Gasteiger partial charge in [0, 0.05) is 31.2 Å². The Balaban J connectivity index is 1.51. The van der Waals surface area contributed by atoms with Crippen LogP contribution in [0.2, 0.25) is 0 Å². The van der Waals surface area contributed by atoms with Crippen LogP contribution in [0, 0.1) is 17.6 Å². The molecule has 2 aliphatic rings. The molecule has 1 aliphatic heterocycles. The van der Waals surface area contributed by atoms with Crippen molar-refractivity contribution < 1.29 is 18.3 Å². The van der Waals surface area contributed by atoms with E-state index in [4.69, 9.17) is 15.5 Å². The smallest absolute Gasteiger partial charge is 0.224 e. The summed E-state index contributed by atoms with van der Waals surface area (Å²) in [7, 11) is 0. The molecule has 3 aromatic rings. The van der Waals surface area contributed by atoms with Crippen LogP contribution in [0.1, 0.15) is 44.6 Å². The predicted octanol–water partition coefficient (Wildman–Crippen LogP) is 3.66. The lowest BCUT2D eigenvalue weighted by Crippen LogP contribution is -2.29. The van der Waals surface area contributed by atoms with E-state index in [1.165, 1.54) is 12.1 Å². The zero-order valence-electron chi connectivity index (χ0n) is 18.6. The zero-order valence-corrected chi connectivity index (χ0v) is 18.6. The van der Waals surface area contributed by atoms with Gasteiger partial charge in [-0.25, -0.2) is 18.7 Å². The van der Waals surface area contributed by atoms with Crippen molar-refractivity contribution in [3.8, 4) is 0 Å². The van der Waals surface area contributed by atoms with Crippen molar-refractivity contribution >= 4 is 34.7 Å². The largest absolute Gasteiger partial charge is 0.381 e. The quantitative estimate of drug-likeness (QED) is 0.502. The van der Waals surface area contributed by atoms with Crippen LogP contribution >= 0.6 is 0 Å². The molecule has 34 heavy (non-hydrogen) atoms. The minimum Gasteiger partial charge on any atom is -0.381 e. The molecule has 2 fully saturated rings. The summed E-state index contributed by atoms with van der Waals surface area (Å²) in [6, 6.07) is 4.13. The summed E-state index contributed by atoms with van der Waals surface area (Å²) < 4.78 is 35.5. The molecule has 9 nitrogen and oxygen atoms in total. The molecule has 11 heteroatoms. The molecular weight excluding hydrogens is 444 g/mol. The molecule has 2 aromatic heterocycles. The standard InChI is InChI=1S/C23H27F2N7O2/c24-16-2-1-3-17(19(16)25)29-23-30-18-12-27-22(28-14-8-10-34-11-9-14)31-21(18)32(23)15-6-4-13(5-7-15)20(26)33/h1-3,12-15H,4-11H2,(H2,26,33)(H,29,30)(H,27,28,31). The van der Waals surface area contributed by atoms with Crippen LogP contribution in [0.15, 0.2) is 24.4 Å². The highest BCUT2D eigenvalue weighted by Gasteiger charge is 2.29. The van der Waals surface area contributed by atoms with E-state index in [-0.39, 0.29) is 29.6 Å². The number of imidazole rings is 1. The maximum absolute atomic E-state index is 14.4. The second-order valence-corrected chi connectivity index (χ2v) is 8.87. The highest BCUT2D eigenvalue weighted by atomic mass is 19.2. The molecule has 4 N–H and O–H groups in total. The van der Waals surface area contributed by atoms with Gasteiger partial charge in [-0.1, -0.05) is 6.07 Å². The number of rotatable bonds is 6. The number of amides is 1. The van der Waals surface area contributed by atoms with Crippen LogP contribution in [-0.2, 0) is 9.53 Å². The van der Waals surface area contributed by atoms with E-state index >= 15 is 0 Å². The molecule has 0 spiro atoms. The summed E-state index contributed by atoms with van der Waals surface area (Å²) in [5, 5.41) is 6.31. The van der Waals surface area contributed by atoms with Crippen molar-refractivity contribution in [1.82, 2.24) is 19.5 Å². The first-order valence-corrected chi connectivity index (χ1v) is 11.6. The number of hydrogen-bond donors (Lipinski definition) is 3. The molecule has 180 valence electrons. The maximum atomic E-state index is 14.4. The number of hydrogen-bond acceptors (Lipinski definition) is 7. The first-order chi connectivity index (χ1) is 16.5. The predicted molar refractivity (Wildman–Crippen MR) is 123 cm³/mol. The van der Waals surface area contributed by atoms with Gasteiger partial charge >= 0.3 is 0 Å². The highest BCUT2D eigenvalue weighted by Crippen LogP contribution is 2.37. The van der Waals surface area contributed by atoms with Crippen LogP contribution < -0.4 is 16.4 Å². The fourth-order valence-corrected chi connectivity index (χ4v) is 4.76. The highest BCUT2D eigenvalue weighted by molar-refractivity contribution is 5.78. The Hall–Kier alpha value is -3.34. The summed E-state index contributed by atoms with van der Waals surface area (Å²) in [6.07, 6.45) is 6.02. The Bertz CT molecular complexity index is 1190. The van der Waals surface area contributed by atoms with Crippen molar-refractivity contribution in [3.05, 3.63) is 36.0 Å². The maximum Gasteiger partial charge on any atom is 0.224 e. The average molecular weight is 472 g/mol. The number of carbonyl (C=O) groups excluding carboxylic acids is 1. The van der Waals surface area contributed by atoms with E-state index in [1.54, 1.807) is 6.20 Å². The summed E-state index contributed by atoms with van der Waals surface area (Å²) in [5.41, 5.74) is 6.62. The Morgan fingerprint density at radius 2 is 1.85 bits per heavy atom. The van der Waals surface area contributed by atoms with Crippen LogP contribution in [0.25, 0.3) is 11.2 Å². The zero-order chi connectivity index (χ0) is 23.7. The lowest BCUT2D eigenvalue weighted by molar-refractivity contribution is -0.122. The van der Waals surface area contributed by atoms with Gasteiger partial charge in [-0.15, -0.1) is 0 Å². The molecule has 1 saturated carbocycles. The molecule has 1 saturated heterocycles. The first-order valence-electron chi connectivity index (χ1n) is 11.6. The van der Waals surface area contributed by atoms with Gasteiger partial charge in [-0.3, -0.25) is 9.36 Å². The Kier molecular flexibility index (Phi) is 6.27. The van der Waals surface area contributed by atoms with Crippen molar-refractivity contribution in [2.24, 2.45) is 11.7 Å². The van der Waals surface area contributed by atoms with Gasteiger partial charge in [-0.05, 0) is 50.7 Å². The van der Waals surface area contributed by atoms with Gasteiger partial charge in [0.25, 0.3) is 0 Å². The van der Waals surface area contributed by atoms with E-state index < -0.39 is 11.6 Å². The Morgan fingerprint density at radius 1 is 1.09 bits per heavy atom. The molecule has 3 heterocycles. The fraction of sp³-hybridized carbons (Fsp3) is 0.478. The second-order valence-electron chi connectivity index (χ2n) is 8.87. The summed E-state index contributed by atoms with van der Waals surface area (Å²) in [6.45, 7) is 1.38. The SMILES string of the molecule is NC(=O)C1CCC(n2c(Nc3cccc(F)c3F)nc3cnc(NC4CCOCC4)nc32)CC1. The van der Waals surface area contributed by atoms with E-state index in [9.17, 15) is 13.6 Å². The first kappa shape index (κ1) is 22.5. The minimum absolute atomic E-state index is 0.0177. The summed E-state index contributed by atoms with van der Waals surface area (Å²) >= 11 is 0. The third-order valence-corrected chi connectivity index (χ3v) is 6.65.